The molecule has 0 unspecified atom stereocenters. The van der Waals surface area contributed by atoms with Crippen LogP contribution in [0, 0.1) is 0 Å². The summed E-state index contributed by atoms with van der Waals surface area (Å²) in [6.07, 6.45) is 0.797. The van der Waals surface area contributed by atoms with Crippen LogP contribution in [0.4, 0.5) is 0 Å². The van der Waals surface area contributed by atoms with E-state index in [1.54, 1.807) is 17.7 Å². The molecule has 6 heteroatoms. The van der Waals surface area contributed by atoms with Crippen molar-refractivity contribution in [2.24, 2.45) is 7.05 Å². The molecule has 2 heterocycles. The molecule has 6 nitrogen and oxygen atoms in total. The SMILES string of the molecule is Cn1c(CCC(=O)N2CCN(C(c3ccccc3)c3ccccc3)CC2)nc2ccccc2c1=O. The van der Waals surface area contributed by atoms with Crippen LogP contribution < -0.4 is 5.56 Å². The highest BCUT2D eigenvalue weighted by atomic mass is 16.2. The van der Waals surface area contributed by atoms with Crippen LogP contribution in [0.3, 0.4) is 0 Å². The number of amides is 1. The second-order valence-corrected chi connectivity index (χ2v) is 9.05. The molecule has 1 fully saturated rings. The molecular weight excluding hydrogens is 436 g/mol. The van der Waals surface area contributed by atoms with Crippen LogP contribution in [0.15, 0.2) is 89.7 Å². The highest BCUT2D eigenvalue weighted by molar-refractivity contribution is 5.78. The maximum atomic E-state index is 13.0. The van der Waals surface area contributed by atoms with E-state index in [4.69, 9.17) is 0 Å². The molecule has 0 bridgehead atoms. The minimum atomic E-state index is -0.0699. The van der Waals surface area contributed by atoms with Crippen molar-refractivity contribution in [1.82, 2.24) is 19.4 Å². The van der Waals surface area contributed by atoms with Gasteiger partial charge in [0.1, 0.15) is 5.82 Å². The summed E-state index contributed by atoms with van der Waals surface area (Å²) in [6.45, 7) is 3.01. The Morgan fingerprint density at radius 2 is 1.40 bits per heavy atom. The minimum absolute atomic E-state index is 0.0699. The van der Waals surface area contributed by atoms with Crippen molar-refractivity contribution >= 4 is 16.8 Å². The zero-order valence-electron chi connectivity index (χ0n) is 20.0. The fraction of sp³-hybridized carbons (Fsp3) is 0.276. The lowest BCUT2D eigenvalue weighted by Gasteiger charge is -2.40. The zero-order chi connectivity index (χ0) is 24.2. The van der Waals surface area contributed by atoms with Gasteiger partial charge in [0.05, 0.1) is 16.9 Å². The fourth-order valence-corrected chi connectivity index (χ4v) is 4.98. The van der Waals surface area contributed by atoms with E-state index in [0.29, 0.717) is 42.7 Å². The Balaban J connectivity index is 1.25. The molecule has 0 N–H and O–H groups in total. The van der Waals surface area contributed by atoms with Crippen LogP contribution in [-0.2, 0) is 18.3 Å². The number of aryl methyl sites for hydroxylation is 1. The number of piperazine rings is 1. The lowest BCUT2D eigenvalue weighted by molar-refractivity contribution is -0.133. The maximum Gasteiger partial charge on any atom is 0.261 e. The van der Waals surface area contributed by atoms with E-state index in [2.05, 4.69) is 58.4 Å². The van der Waals surface area contributed by atoms with Gasteiger partial charge in [-0.25, -0.2) is 4.98 Å². The van der Waals surface area contributed by atoms with E-state index < -0.39 is 0 Å². The molecule has 35 heavy (non-hydrogen) atoms. The molecule has 3 aromatic carbocycles. The third-order valence-corrected chi connectivity index (χ3v) is 6.90. The van der Waals surface area contributed by atoms with Crippen LogP contribution in [0.2, 0.25) is 0 Å². The highest BCUT2D eigenvalue weighted by Crippen LogP contribution is 2.29. The van der Waals surface area contributed by atoms with E-state index in [9.17, 15) is 9.59 Å². The number of rotatable bonds is 6. The van der Waals surface area contributed by atoms with Crippen LogP contribution in [0.25, 0.3) is 10.9 Å². The Hall–Kier alpha value is -3.77. The normalized spacial score (nSPS) is 14.5. The van der Waals surface area contributed by atoms with Crippen molar-refractivity contribution < 1.29 is 4.79 Å². The van der Waals surface area contributed by atoms with Gasteiger partial charge >= 0.3 is 0 Å². The molecule has 5 rings (SSSR count). The van der Waals surface area contributed by atoms with Crippen LogP contribution in [-0.4, -0.2) is 51.4 Å². The predicted molar refractivity (Wildman–Crippen MR) is 138 cm³/mol. The largest absolute Gasteiger partial charge is 0.340 e. The lowest BCUT2D eigenvalue weighted by atomic mass is 9.96. The molecule has 178 valence electrons. The summed E-state index contributed by atoms with van der Waals surface area (Å²) in [4.78, 5) is 34.7. The minimum Gasteiger partial charge on any atom is -0.340 e. The monoisotopic (exact) mass is 466 g/mol. The topological polar surface area (TPSA) is 58.4 Å². The number of fused-ring (bicyclic) bond motifs is 1. The van der Waals surface area contributed by atoms with Gasteiger partial charge in [-0.1, -0.05) is 72.8 Å². The molecule has 0 radical (unpaired) electrons. The van der Waals surface area contributed by atoms with Gasteiger partial charge in [0.25, 0.3) is 5.56 Å². The summed E-state index contributed by atoms with van der Waals surface area (Å²) in [5, 5.41) is 0.604. The number of hydrogen-bond donors (Lipinski definition) is 0. The quantitative estimate of drug-likeness (QED) is 0.434. The lowest BCUT2D eigenvalue weighted by Crippen LogP contribution is -2.50. The summed E-state index contributed by atoms with van der Waals surface area (Å²) in [5.41, 5.74) is 3.14. The van der Waals surface area contributed by atoms with Crippen LogP contribution in [0.5, 0.6) is 0 Å². The van der Waals surface area contributed by atoms with E-state index in [-0.39, 0.29) is 17.5 Å². The Labute approximate surface area is 205 Å². The maximum absolute atomic E-state index is 13.0. The van der Waals surface area contributed by atoms with Crippen molar-refractivity contribution in [2.75, 3.05) is 26.2 Å². The molecule has 1 saturated heterocycles. The molecular formula is C29H30N4O2. The summed E-state index contributed by atoms with van der Waals surface area (Å²) in [5.74, 6) is 0.761. The van der Waals surface area contributed by atoms with Gasteiger partial charge in [-0.15, -0.1) is 0 Å². The zero-order valence-corrected chi connectivity index (χ0v) is 20.0. The Morgan fingerprint density at radius 3 is 2.03 bits per heavy atom. The summed E-state index contributed by atoms with van der Waals surface area (Å²) >= 11 is 0. The van der Waals surface area contributed by atoms with Gasteiger partial charge < -0.3 is 4.90 Å². The predicted octanol–water partition coefficient (Wildman–Crippen LogP) is 3.80. The van der Waals surface area contributed by atoms with Gasteiger partial charge in [-0.05, 0) is 23.3 Å². The number of para-hydroxylation sites is 1. The van der Waals surface area contributed by atoms with Gasteiger partial charge in [-0.2, -0.15) is 0 Å². The summed E-state index contributed by atoms with van der Waals surface area (Å²) in [7, 11) is 1.73. The van der Waals surface area contributed by atoms with Crippen LogP contribution in [0.1, 0.15) is 29.4 Å². The first kappa shape index (κ1) is 23.0. The second-order valence-electron chi connectivity index (χ2n) is 9.05. The van der Waals surface area contributed by atoms with Gasteiger partial charge in [-0.3, -0.25) is 19.1 Å². The van der Waals surface area contributed by atoms with Crippen LogP contribution >= 0.6 is 0 Å². The number of benzene rings is 3. The van der Waals surface area contributed by atoms with Crippen molar-refractivity contribution in [3.05, 3.63) is 112 Å². The fourth-order valence-electron chi connectivity index (χ4n) is 4.98. The van der Waals surface area contributed by atoms with Gasteiger partial charge in [0.2, 0.25) is 5.91 Å². The summed E-state index contributed by atoms with van der Waals surface area (Å²) < 4.78 is 1.57. The molecule has 1 aliphatic heterocycles. The molecule has 0 aliphatic carbocycles. The first-order valence-electron chi connectivity index (χ1n) is 12.2. The molecule has 1 aliphatic rings. The third kappa shape index (κ3) is 4.88. The Bertz CT molecular complexity index is 1320. The molecule has 0 atom stereocenters. The molecule has 0 saturated carbocycles. The average molecular weight is 467 g/mol. The Morgan fingerprint density at radius 1 is 0.829 bits per heavy atom. The second kappa shape index (κ2) is 10.2. The van der Waals surface area contributed by atoms with Crippen molar-refractivity contribution in [1.29, 1.82) is 0 Å². The first-order chi connectivity index (χ1) is 17.1. The van der Waals surface area contributed by atoms with Crippen molar-refractivity contribution in [3.8, 4) is 0 Å². The molecule has 1 aromatic heterocycles. The highest BCUT2D eigenvalue weighted by Gasteiger charge is 2.28. The molecule has 4 aromatic rings. The van der Waals surface area contributed by atoms with E-state index in [1.165, 1.54) is 11.1 Å². The number of carbonyl (C=O) groups is 1. The first-order valence-corrected chi connectivity index (χ1v) is 12.2. The molecule has 1 amide bonds. The van der Waals surface area contributed by atoms with Gasteiger partial charge in [0, 0.05) is 46.1 Å². The Kier molecular flexibility index (Phi) is 6.73. The summed E-state index contributed by atoms with van der Waals surface area (Å²) in [6, 6.07) is 28.6. The van der Waals surface area contributed by atoms with Crippen molar-refractivity contribution in [3.63, 3.8) is 0 Å². The van der Waals surface area contributed by atoms with Gasteiger partial charge in [0.15, 0.2) is 0 Å². The van der Waals surface area contributed by atoms with Crippen molar-refractivity contribution in [2.45, 2.75) is 18.9 Å². The van der Waals surface area contributed by atoms with E-state index in [0.717, 1.165) is 13.1 Å². The van der Waals surface area contributed by atoms with E-state index >= 15 is 0 Å². The molecule has 0 spiro atoms. The number of hydrogen-bond acceptors (Lipinski definition) is 4. The smallest absolute Gasteiger partial charge is 0.261 e. The number of carbonyl (C=O) groups excluding carboxylic acids is 1. The third-order valence-electron chi connectivity index (χ3n) is 6.90. The number of aromatic nitrogens is 2. The standard InChI is InChI=1S/C29H30N4O2/c1-31-26(30-25-15-9-8-14-24(25)29(31)35)16-17-27(34)32-18-20-33(21-19-32)28(22-10-4-2-5-11-22)23-12-6-3-7-13-23/h2-15,28H,16-21H2,1H3. The number of nitrogens with zero attached hydrogens (tertiary/aromatic N) is 4. The van der Waals surface area contributed by atoms with E-state index in [1.807, 2.05) is 35.2 Å². The average Bonchev–Trinajstić information content (AvgIpc) is 2.91.